The van der Waals surface area contributed by atoms with Crippen LogP contribution in [0.3, 0.4) is 0 Å². The van der Waals surface area contributed by atoms with E-state index < -0.39 is 0 Å². The van der Waals surface area contributed by atoms with Gasteiger partial charge in [-0.05, 0) is 32.6 Å². The zero-order chi connectivity index (χ0) is 11.4. The van der Waals surface area contributed by atoms with Gasteiger partial charge in [0, 0.05) is 20.1 Å². The van der Waals surface area contributed by atoms with Crippen LogP contribution in [0, 0.1) is 5.92 Å². The Morgan fingerprint density at radius 3 is 2.27 bits per heavy atom. The molecule has 1 aliphatic rings. The summed E-state index contributed by atoms with van der Waals surface area (Å²) < 4.78 is 0. The van der Waals surface area contributed by atoms with Gasteiger partial charge in [0.25, 0.3) is 0 Å². The summed E-state index contributed by atoms with van der Waals surface area (Å²) in [5.74, 6) is 0.933. The van der Waals surface area contributed by atoms with Crippen LogP contribution >= 0.6 is 0 Å². The highest BCUT2D eigenvalue weighted by atomic mass is 16.2. The molecule has 0 aliphatic heterocycles. The minimum Gasteiger partial charge on any atom is -0.347 e. The average molecular weight is 212 g/mol. The third-order valence-electron chi connectivity index (χ3n) is 3.43. The Morgan fingerprint density at radius 2 is 1.80 bits per heavy atom. The van der Waals surface area contributed by atoms with Crippen molar-refractivity contribution in [1.82, 2.24) is 10.2 Å². The van der Waals surface area contributed by atoms with E-state index in [1.165, 1.54) is 25.7 Å². The van der Waals surface area contributed by atoms with E-state index in [0.717, 1.165) is 5.92 Å². The Kier molecular flexibility index (Phi) is 4.58. The van der Waals surface area contributed by atoms with E-state index in [-0.39, 0.29) is 11.9 Å². The molecule has 15 heavy (non-hydrogen) atoms. The molecule has 0 aromatic heterocycles. The minimum atomic E-state index is -0.0596. The molecule has 1 saturated carbocycles. The molecule has 88 valence electrons. The molecule has 0 saturated heterocycles. The van der Waals surface area contributed by atoms with Gasteiger partial charge in [0.2, 0.25) is 5.91 Å². The summed E-state index contributed by atoms with van der Waals surface area (Å²) in [4.78, 5) is 13.3. The van der Waals surface area contributed by atoms with E-state index >= 15 is 0 Å². The summed E-state index contributed by atoms with van der Waals surface area (Å²) >= 11 is 0. The van der Waals surface area contributed by atoms with Gasteiger partial charge >= 0.3 is 0 Å². The van der Waals surface area contributed by atoms with Crippen molar-refractivity contribution in [3.8, 4) is 0 Å². The zero-order valence-electron chi connectivity index (χ0n) is 10.4. The third-order valence-corrected chi connectivity index (χ3v) is 3.43. The molecule has 1 amide bonds. The number of carbonyl (C=O) groups is 1. The lowest BCUT2D eigenvalue weighted by Crippen LogP contribution is -2.47. The van der Waals surface area contributed by atoms with Gasteiger partial charge in [-0.25, -0.2) is 0 Å². The molecule has 0 radical (unpaired) electrons. The molecular formula is C12H24N2O. The Labute approximate surface area is 93.2 Å². The van der Waals surface area contributed by atoms with Crippen molar-refractivity contribution in [3.05, 3.63) is 0 Å². The first kappa shape index (κ1) is 12.5. The van der Waals surface area contributed by atoms with Gasteiger partial charge in [0.15, 0.2) is 0 Å². The molecule has 1 N–H and O–H groups in total. The van der Waals surface area contributed by atoms with Crippen LogP contribution in [0.15, 0.2) is 0 Å². The average Bonchev–Trinajstić information content (AvgIpc) is 2.68. The molecule has 0 bridgehead atoms. The second-order valence-corrected chi connectivity index (χ2v) is 4.95. The van der Waals surface area contributed by atoms with Gasteiger partial charge < -0.3 is 10.2 Å². The number of nitrogens with one attached hydrogen (secondary N) is 1. The summed E-state index contributed by atoms with van der Waals surface area (Å²) in [6.45, 7) is 4.16. The SMILES string of the molecule is CC(NC(C)C1CCCC1)C(=O)N(C)C. The first-order valence-electron chi connectivity index (χ1n) is 5.99. The maximum atomic E-state index is 11.7. The van der Waals surface area contributed by atoms with Crippen LogP contribution in [0.4, 0.5) is 0 Å². The van der Waals surface area contributed by atoms with Crippen molar-refractivity contribution in [3.63, 3.8) is 0 Å². The highest BCUT2D eigenvalue weighted by Crippen LogP contribution is 2.27. The number of amides is 1. The molecule has 0 aromatic rings. The fourth-order valence-corrected chi connectivity index (χ4v) is 2.45. The minimum absolute atomic E-state index is 0.0596. The van der Waals surface area contributed by atoms with E-state index in [1.807, 2.05) is 6.92 Å². The summed E-state index contributed by atoms with van der Waals surface area (Å²) in [6.07, 6.45) is 5.34. The molecule has 2 unspecified atom stereocenters. The van der Waals surface area contributed by atoms with E-state index in [4.69, 9.17) is 0 Å². The molecule has 1 fully saturated rings. The van der Waals surface area contributed by atoms with Crippen LogP contribution in [0.2, 0.25) is 0 Å². The van der Waals surface area contributed by atoms with Crippen molar-refractivity contribution < 1.29 is 4.79 Å². The summed E-state index contributed by atoms with van der Waals surface area (Å²) in [7, 11) is 3.61. The van der Waals surface area contributed by atoms with Crippen LogP contribution in [0.25, 0.3) is 0 Å². The van der Waals surface area contributed by atoms with Crippen molar-refractivity contribution in [2.45, 2.75) is 51.6 Å². The van der Waals surface area contributed by atoms with Crippen molar-refractivity contribution >= 4 is 5.91 Å². The summed E-state index contributed by atoms with van der Waals surface area (Å²) in [5.41, 5.74) is 0. The van der Waals surface area contributed by atoms with Gasteiger partial charge in [-0.3, -0.25) is 4.79 Å². The molecule has 0 spiro atoms. The third kappa shape index (κ3) is 3.49. The van der Waals surface area contributed by atoms with Crippen molar-refractivity contribution in [1.29, 1.82) is 0 Å². The number of rotatable bonds is 4. The normalized spacial score (nSPS) is 21.3. The van der Waals surface area contributed by atoms with Crippen LogP contribution in [0.1, 0.15) is 39.5 Å². The highest BCUT2D eigenvalue weighted by molar-refractivity contribution is 5.80. The second-order valence-electron chi connectivity index (χ2n) is 4.95. The van der Waals surface area contributed by atoms with Gasteiger partial charge in [-0.15, -0.1) is 0 Å². The summed E-state index contributed by atoms with van der Waals surface area (Å²) in [6, 6.07) is 0.405. The Hall–Kier alpha value is -0.570. The lowest BCUT2D eigenvalue weighted by atomic mass is 9.99. The van der Waals surface area contributed by atoms with Gasteiger partial charge in [-0.1, -0.05) is 12.8 Å². The molecule has 0 heterocycles. The smallest absolute Gasteiger partial charge is 0.238 e. The van der Waals surface area contributed by atoms with Crippen LogP contribution in [0.5, 0.6) is 0 Å². The first-order valence-corrected chi connectivity index (χ1v) is 5.99. The lowest BCUT2D eigenvalue weighted by Gasteiger charge is -2.25. The van der Waals surface area contributed by atoms with Gasteiger partial charge in [0.1, 0.15) is 0 Å². The predicted molar refractivity (Wildman–Crippen MR) is 62.7 cm³/mol. The number of nitrogens with zero attached hydrogens (tertiary/aromatic N) is 1. The van der Waals surface area contributed by atoms with E-state index in [1.54, 1.807) is 19.0 Å². The maximum Gasteiger partial charge on any atom is 0.238 e. The standard InChI is InChI=1S/C12H24N2O/c1-9(11-7-5-6-8-11)13-10(2)12(15)14(3)4/h9-11,13H,5-8H2,1-4H3. The lowest BCUT2D eigenvalue weighted by molar-refractivity contribution is -0.130. The molecular weight excluding hydrogens is 188 g/mol. The quantitative estimate of drug-likeness (QED) is 0.768. The largest absolute Gasteiger partial charge is 0.347 e. The van der Waals surface area contributed by atoms with Crippen LogP contribution in [-0.2, 0) is 4.79 Å². The topological polar surface area (TPSA) is 32.3 Å². The van der Waals surface area contributed by atoms with Gasteiger partial charge in [-0.2, -0.15) is 0 Å². The summed E-state index contributed by atoms with van der Waals surface area (Å²) in [5, 5.41) is 3.41. The van der Waals surface area contributed by atoms with Crippen molar-refractivity contribution in [2.75, 3.05) is 14.1 Å². The Morgan fingerprint density at radius 1 is 1.27 bits per heavy atom. The fraction of sp³-hybridized carbons (Fsp3) is 0.917. The highest BCUT2D eigenvalue weighted by Gasteiger charge is 2.24. The molecule has 0 aromatic carbocycles. The molecule has 3 heteroatoms. The Balaban J connectivity index is 2.36. The monoisotopic (exact) mass is 212 g/mol. The van der Waals surface area contributed by atoms with E-state index in [0.29, 0.717) is 6.04 Å². The van der Waals surface area contributed by atoms with Crippen molar-refractivity contribution in [2.24, 2.45) is 5.92 Å². The number of likely N-dealkylation sites (N-methyl/N-ethyl adjacent to an activating group) is 1. The maximum absolute atomic E-state index is 11.7. The second kappa shape index (κ2) is 5.50. The van der Waals surface area contributed by atoms with E-state index in [9.17, 15) is 4.79 Å². The van der Waals surface area contributed by atoms with Crippen LogP contribution < -0.4 is 5.32 Å². The number of hydrogen-bond donors (Lipinski definition) is 1. The number of hydrogen-bond acceptors (Lipinski definition) is 2. The zero-order valence-corrected chi connectivity index (χ0v) is 10.4. The van der Waals surface area contributed by atoms with E-state index in [2.05, 4.69) is 12.2 Å². The molecule has 1 aliphatic carbocycles. The molecule has 1 rings (SSSR count). The molecule has 2 atom stereocenters. The first-order chi connectivity index (χ1) is 7.02. The predicted octanol–water partition coefficient (Wildman–Crippen LogP) is 1.63. The fourth-order valence-electron chi connectivity index (χ4n) is 2.45. The Bertz CT molecular complexity index is 210. The van der Waals surface area contributed by atoms with Crippen LogP contribution in [-0.4, -0.2) is 37.0 Å². The van der Waals surface area contributed by atoms with Gasteiger partial charge in [0.05, 0.1) is 6.04 Å². The number of carbonyl (C=O) groups excluding carboxylic acids is 1. The molecule has 3 nitrogen and oxygen atoms in total.